The van der Waals surface area contributed by atoms with Crippen molar-refractivity contribution >= 4 is 23.8 Å². The molecule has 4 N–H and O–H groups in total. The maximum Gasteiger partial charge on any atom is 0.408 e. The fourth-order valence-electron chi connectivity index (χ4n) is 3.71. The predicted octanol–water partition coefficient (Wildman–Crippen LogP) is 3.41. The molecule has 1 aromatic carbocycles. The van der Waals surface area contributed by atoms with Crippen molar-refractivity contribution in [3.63, 3.8) is 0 Å². The highest BCUT2D eigenvalue weighted by Crippen LogP contribution is 2.34. The number of hydrogen-bond donors (Lipinski definition) is 3. The summed E-state index contributed by atoms with van der Waals surface area (Å²) >= 11 is 0. The first-order valence-electron chi connectivity index (χ1n) is 12.6. The van der Waals surface area contributed by atoms with Gasteiger partial charge in [-0.15, -0.1) is 6.42 Å². The minimum absolute atomic E-state index is 0.416. The summed E-state index contributed by atoms with van der Waals surface area (Å²) in [5.74, 6) is 0.735. The Labute approximate surface area is 220 Å². The Kier molecular flexibility index (Phi) is 11.6. The molecule has 4 amide bonds. The smallest absolute Gasteiger partial charge is 0.408 e. The van der Waals surface area contributed by atoms with Crippen LogP contribution in [-0.4, -0.2) is 52.4 Å². The van der Waals surface area contributed by atoms with Gasteiger partial charge in [0.15, 0.2) is 0 Å². The van der Waals surface area contributed by atoms with E-state index in [-0.39, 0.29) is 0 Å². The van der Waals surface area contributed by atoms with Gasteiger partial charge in [-0.2, -0.15) is 0 Å². The minimum Gasteiger partial charge on any atom is -0.444 e. The van der Waals surface area contributed by atoms with Gasteiger partial charge in [-0.25, -0.2) is 4.79 Å². The molecule has 0 saturated carbocycles. The van der Waals surface area contributed by atoms with Crippen LogP contribution >= 0.6 is 0 Å². The summed E-state index contributed by atoms with van der Waals surface area (Å²) in [7, 11) is 0. The van der Waals surface area contributed by atoms with Gasteiger partial charge >= 0.3 is 6.09 Å². The van der Waals surface area contributed by atoms with E-state index in [9.17, 15) is 19.2 Å². The molecule has 0 aromatic heterocycles. The summed E-state index contributed by atoms with van der Waals surface area (Å²) in [6.07, 6.45) is 6.49. The molecule has 0 aliphatic carbocycles. The van der Waals surface area contributed by atoms with Crippen molar-refractivity contribution in [1.82, 2.24) is 15.5 Å². The Morgan fingerprint density at radius 3 is 2.24 bits per heavy atom. The Bertz CT molecular complexity index is 1010. The number of terminal acetylenes is 1. The summed E-state index contributed by atoms with van der Waals surface area (Å²) in [6, 6.07) is 4.41. The van der Waals surface area contributed by atoms with Gasteiger partial charge in [0.05, 0.1) is 6.42 Å². The van der Waals surface area contributed by atoms with Gasteiger partial charge in [0.2, 0.25) is 17.7 Å². The fourth-order valence-corrected chi connectivity index (χ4v) is 3.71. The molecule has 37 heavy (non-hydrogen) atoms. The van der Waals surface area contributed by atoms with Crippen molar-refractivity contribution in [1.29, 1.82) is 0 Å². The second kappa shape index (κ2) is 13.7. The highest BCUT2D eigenvalue weighted by molar-refractivity contribution is 5.95. The molecule has 9 nitrogen and oxygen atoms in total. The molecule has 204 valence electrons. The van der Waals surface area contributed by atoms with Crippen LogP contribution in [0.25, 0.3) is 0 Å². The third-order valence-corrected chi connectivity index (χ3v) is 5.90. The van der Waals surface area contributed by atoms with Crippen molar-refractivity contribution in [3.8, 4) is 12.3 Å². The number of carbonyl (C=O) groups is 4. The topological polar surface area (TPSA) is 131 Å². The van der Waals surface area contributed by atoms with Crippen LogP contribution in [0, 0.1) is 12.3 Å². The molecule has 1 aromatic rings. The fraction of sp³-hybridized carbons (Fsp3) is 0.571. The van der Waals surface area contributed by atoms with Crippen LogP contribution in [0.1, 0.15) is 91.3 Å². The Morgan fingerprint density at radius 2 is 1.73 bits per heavy atom. The van der Waals surface area contributed by atoms with Gasteiger partial charge in [-0.3, -0.25) is 14.4 Å². The molecule has 0 aliphatic rings. The molecule has 1 rings (SSSR count). The van der Waals surface area contributed by atoms with E-state index >= 15 is 0 Å². The number of nitrogens with two attached hydrogens (primary N) is 1. The first-order chi connectivity index (χ1) is 17.2. The van der Waals surface area contributed by atoms with Crippen LogP contribution in [0.5, 0.6) is 0 Å². The van der Waals surface area contributed by atoms with E-state index in [1.165, 1.54) is 4.90 Å². The summed E-state index contributed by atoms with van der Waals surface area (Å²) in [6.45, 7) is 13.0. The summed E-state index contributed by atoms with van der Waals surface area (Å²) in [5, 5.41) is 5.39. The molecular formula is C28H42N4O5. The van der Waals surface area contributed by atoms with E-state index < -0.39 is 53.5 Å². The number of ether oxygens (including phenoxy) is 1. The van der Waals surface area contributed by atoms with Crippen LogP contribution in [0.3, 0.4) is 0 Å². The van der Waals surface area contributed by atoms with Gasteiger partial charge < -0.3 is 26.0 Å². The predicted molar refractivity (Wildman–Crippen MR) is 143 cm³/mol. The number of carbonyl (C=O) groups excluding carboxylic acids is 4. The van der Waals surface area contributed by atoms with Gasteiger partial charge in [-0.05, 0) is 59.1 Å². The lowest BCUT2D eigenvalue weighted by Crippen LogP contribution is -2.60. The summed E-state index contributed by atoms with van der Waals surface area (Å²) in [5.41, 5.74) is 4.65. The van der Waals surface area contributed by atoms with Crippen LogP contribution in [0.4, 0.5) is 4.79 Å². The number of benzene rings is 1. The Hall–Kier alpha value is -3.54. The van der Waals surface area contributed by atoms with E-state index in [4.69, 9.17) is 16.9 Å². The lowest BCUT2D eigenvalue weighted by Gasteiger charge is -2.44. The van der Waals surface area contributed by atoms with Crippen LogP contribution < -0.4 is 16.4 Å². The van der Waals surface area contributed by atoms with Gasteiger partial charge in [0.25, 0.3) is 0 Å². The second-order valence-corrected chi connectivity index (χ2v) is 10.5. The zero-order chi connectivity index (χ0) is 28.4. The molecular weight excluding hydrogens is 472 g/mol. The largest absolute Gasteiger partial charge is 0.444 e. The second-order valence-electron chi connectivity index (χ2n) is 10.5. The van der Waals surface area contributed by atoms with Gasteiger partial charge in [-0.1, -0.05) is 44.4 Å². The maximum atomic E-state index is 14.2. The van der Waals surface area contributed by atoms with Gasteiger partial charge in [0.1, 0.15) is 17.7 Å². The number of rotatable bonds is 12. The highest BCUT2D eigenvalue weighted by Gasteiger charge is 2.44. The summed E-state index contributed by atoms with van der Waals surface area (Å²) < 4.78 is 5.31. The Morgan fingerprint density at radius 1 is 1.11 bits per heavy atom. The lowest BCUT2D eigenvalue weighted by atomic mass is 9.90. The molecule has 2 atom stereocenters. The Balaban J connectivity index is 3.70. The number of nitrogens with zero attached hydrogens (tertiary/aromatic N) is 1. The molecule has 0 spiro atoms. The number of amides is 4. The van der Waals surface area contributed by atoms with Gasteiger partial charge in [0, 0.05) is 17.6 Å². The van der Waals surface area contributed by atoms with E-state index in [0.29, 0.717) is 24.1 Å². The SMILES string of the molecule is C#Cc1ccccc1C(C(=O)NCCCC)N(C(=O)C(CC(N)=O)NC(=O)OC(C)(C)C)C(C)(C)CC. The van der Waals surface area contributed by atoms with Crippen molar-refractivity contribution in [2.45, 2.75) is 97.4 Å². The number of primary amides is 1. The molecule has 9 heteroatoms. The molecule has 0 radical (unpaired) electrons. The van der Waals surface area contributed by atoms with E-state index in [2.05, 4.69) is 16.6 Å². The molecule has 2 unspecified atom stereocenters. The molecule has 0 fully saturated rings. The zero-order valence-corrected chi connectivity index (χ0v) is 23.1. The monoisotopic (exact) mass is 514 g/mol. The molecule has 0 aliphatic heterocycles. The average molecular weight is 515 g/mol. The van der Waals surface area contributed by atoms with Crippen molar-refractivity contribution < 1.29 is 23.9 Å². The third kappa shape index (κ3) is 9.45. The quantitative estimate of drug-likeness (QED) is 0.291. The molecule has 0 heterocycles. The molecule has 0 saturated heterocycles. The van der Waals surface area contributed by atoms with E-state index in [1.54, 1.807) is 45.0 Å². The number of unbranched alkanes of at least 4 members (excludes halogenated alkanes) is 1. The number of hydrogen-bond acceptors (Lipinski definition) is 5. The van der Waals surface area contributed by atoms with E-state index in [1.807, 2.05) is 27.7 Å². The maximum absolute atomic E-state index is 14.2. The average Bonchev–Trinajstić information content (AvgIpc) is 2.80. The van der Waals surface area contributed by atoms with Crippen molar-refractivity contribution in [2.24, 2.45) is 5.73 Å². The third-order valence-electron chi connectivity index (χ3n) is 5.90. The number of alkyl carbamates (subject to hydrolysis) is 1. The van der Waals surface area contributed by atoms with E-state index in [0.717, 1.165) is 12.8 Å². The first-order valence-corrected chi connectivity index (χ1v) is 12.6. The lowest BCUT2D eigenvalue weighted by molar-refractivity contribution is -0.150. The van der Waals surface area contributed by atoms with Crippen molar-refractivity contribution in [2.75, 3.05) is 6.54 Å². The van der Waals surface area contributed by atoms with Crippen LogP contribution in [0.15, 0.2) is 24.3 Å². The minimum atomic E-state index is -1.36. The van der Waals surface area contributed by atoms with Crippen molar-refractivity contribution in [3.05, 3.63) is 35.4 Å². The highest BCUT2D eigenvalue weighted by atomic mass is 16.6. The molecule has 0 bridgehead atoms. The summed E-state index contributed by atoms with van der Waals surface area (Å²) in [4.78, 5) is 53.7. The zero-order valence-electron chi connectivity index (χ0n) is 23.1. The standard InChI is InChI=1S/C28H42N4O5/c1-9-12-17-30-24(34)23(20-16-14-13-15-19(20)10-2)32(28(7,8)11-3)25(35)21(18-22(29)33)31-26(36)37-27(4,5)6/h2,13-16,21,23H,9,11-12,17-18H2,1,3-8H3,(H2,29,33)(H,30,34)(H,31,36). The van der Waals surface area contributed by atoms with Crippen LogP contribution in [0.2, 0.25) is 0 Å². The number of nitrogens with one attached hydrogen (secondary N) is 2. The normalized spacial score (nSPS) is 13.0. The van der Waals surface area contributed by atoms with Crippen LogP contribution in [-0.2, 0) is 19.1 Å². The first kappa shape index (κ1) is 31.5.